The van der Waals surface area contributed by atoms with Crippen molar-refractivity contribution in [1.82, 2.24) is 19.7 Å². The third-order valence-electron chi connectivity index (χ3n) is 2.44. The summed E-state index contributed by atoms with van der Waals surface area (Å²) in [6.45, 7) is 9.35. The van der Waals surface area contributed by atoms with E-state index in [9.17, 15) is 0 Å². The average Bonchev–Trinajstić information content (AvgIpc) is 2.82. The minimum Gasteiger partial charge on any atom is -0.300 e. The summed E-state index contributed by atoms with van der Waals surface area (Å²) in [4.78, 5) is 5.53. The molecule has 0 amide bonds. The van der Waals surface area contributed by atoms with E-state index in [-0.39, 0.29) is 5.41 Å². The topological polar surface area (TPSA) is 46.5 Å². The average molecular weight is 268 g/mol. The summed E-state index contributed by atoms with van der Waals surface area (Å²) in [5, 5.41) is 8.21. The van der Waals surface area contributed by atoms with Crippen LogP contribution in [0.25, 0.3) is 10.7 Å². The Morgan fingerprint density at radius 1 is 1.47 bits per heavy atom. The second-order valence-corrected chi connectivity index (χ2v) is 6.29. The Morgan fingerprint density at radius 2 is 2.18 bits per heavy atom. The van der Waals surface area contributed by atoms with E-state index in [4.69, 9.17) is 12.2 Å². The van der Waals surface area contributed by atoms with Gasteiger partial charge in [-0.05, 0) is 19.1 Å². The summed E-state index contributed by atoms with van der Waals surface area (Å²) in [5.41, 5.74) is 0.0765. The third-order valence-corrected chi connectivity index (χ3v) is 4.17. The van der Waals surface area contributed by atoms with Gasteiger partial charge in [0.15, 0.2) is 10.6 Å². The molecular formula is C11H16N4S2. The maximum absolute atomic E-state index is 5.18. The normalized spacial score (nSPS) is 12.0. The molecule has 0 aliphatic carbocycles. The van der Waals surface area contributed by atoms with Gasteiger partial charge in [0.2, 0.25) is 0 Å². The maximum atomic E-state index is 5.18. The Morgan fingerprint density at radius 3 is 2.71 bits per heavy atom. The molecule has 2 heterocycles. The fourth-order valence-corrected chi connectivity index (χ4v) is 2.76. The molecule has 0 saturated heterocycles. The van der Waals surface area contributed by atoms with Crippen molar-refractivity contribution >= 4 is 23.6 Å². The van der Waals surface area contributed by atoms with Crippen LogP contribution in [0.5, 0.6) is 0 Å². The van der Waals surface area contributed by atoms with Crippen LogP contribution in [0.3, 0.4) is 0 Å². The monoisotopic (exact) mass is 268 g/mol. The highest BCUT2D eigenvalue weighted by atomic mass is 32.1. The molecule has 0 aliphatic heterocycles. The van der Waals surface area contributed by atoms with Crippen LogP contribution in [0.15, 0.2) is 6.20 Å². The predicted molar refractivity (Wildman–Crippen MR) is 72.9 cm³/mol. The first-order chi connectivity index (χ1) is 7.93. The SMILES string of the molecule is CCn1c(-c2cnc(C(C)(C)C)s2)n[nH]c1=S. The molecule has 92 valence electrons. The van der Waals surface area contributed by atoms with Crippen molar-refractivity contribution in [2.45, 2.75) is 39.7 Å². The Bertz CT molecular complexity index is 571. The number of hydrogen-bond donors (Lipinski definition) is 1. The van der Waals surface area contributed by atoms with E-state index >= 15 is 0 Å². The number of hydrogen-bond acceptors (Lipinski definition) is 4. The first-order valence-electron chi connectivity index (χ1n) is 5.55. The van der Waals surface area contributed by atoms with Crippen LogP contribution in [-0.4, -0.2) is 19.7 Å². The van der Waals surface area contributed by atoms with Gasteiger partial charge in [-0.2, -0.15) is 5.10 Å². The highest BCUT2D eigenvalue weighted by molar-refractivity contribution is 7.71. The lowest BCUT2D eigenvalue weighted by molar-refractivity contribution is 0.585. The van der Waals surface area contributed by atoms with Gasteiger partial charge < -0.3 is 0 Å². The molecule has 0 bridgehead atoms. The van der Waals surface area contributed by atoms with Crippen LogP contribution >= 0.6 is 23.6 Å². The summed E-state index contributed by atoms with van der Waals surface area (Å²) >= 11 is 6.86. The summed E-state index contributed by atoms with van der Waals surface area (Å²) in [5.74, 6) is 0.880. The van der Waals surface area contributed by atoms with E-state index in [1.807, 2.05) is 10.8 Å². The number of H-pyrrole nitrogens is 1. The molecule has 4 nitrogen and oxygen atoms in total. The molecule has 17 heavy (non-hydrogen) atoms. The van der Waals surface area contributed by atoms with Crippen molar-refractivity contribution in [3.05, 3.63) is 16.0 Å². The van der Waals surface area contributed by atoms with Crippen LogP contribution in [-0.2, 0) is 12.0 Å². The second kappa shape index (κ2) is 4.34. The van der Waals surface area contributed by atoms with E-state index in [2.05, 4.69) is 42.9 Å². The lowest BCUT2D eigenvalue weighted by Crippen LogP contribution is -2.09. The van der Waals surface area contributed by atoms with E-state index in [1.165, 1.54) is 0 Å². The van der Waals surface area contributed by atoms with Crippen LogP contribution < -0.4 is 0 Å². The molecule has 0 radical (unpaired) electrons. The quantitative estimate of drug-likeness (QED) is 0.849. The molecule has 0 spiro atoms. The number of nitrogens with one attached hydrogen (secondary N) is 1. The molecule has 0 fully saturated rings. The summed E-state index contributed by atoms with van der Waals surface area (Å²) < 4.78 is 2.64. The summed E-state index contributed by atoms with van der Waals surface area (Å²) in [7, 11) is 0. The highest BCUT2D eigenvalue weighted by Crippen LogP contribution is 2.31. The van der Waals surface area contributed by atoms with Crippen LogP contribution in [0.1, 0.15) is 32.7 Å². The van der Waals surface area contributed by atoms with E-state index in [0.29, 0.717) is 4.77 Å². The largest absolute Gasteiger partial charge is 0.300 e. The van der Waals surface area contributed by atoms with Crippen molar-refractivity contribution in [3.63, 3.8) is 0 Å². The zero-order valence-electron chi connectivity index (χ0n) is 10.4. The minimum atomic E-state index is 0.0765. The molecule has 0 unspecified atom stereocenters. The van der Waals surface area contributed by atoms with E-state index in [0.717, 1.165) is 22.3 Å². The fourth-order valence-electron chi connectivity index (χ4n) is 1.52. The first-order valence-corrected chi connectivity index (χ1v) is 6.78. The second-order valence-electron chi connectivity index (χ2n) is 4.88. The molecular weight excluding hydrogens is 252 g/mol. The molecule has 0 atom stereocenters. The maximum Gasteiger partial charge on any atom is 0.195 e. The first kappa shape index (κ1) is 12.4. The van der Waals surface area contributed by atoms with Crippen molar-refractivity contribution in [1.29, 1.82) is 0 Å². The molecule has 0 saturated carbocycles. The van der Waals surface area contributed by atoms with Gasteiger partial charge >= 0.3 is 0 Å². The van der Waals surface area contributed by atoms with E-state index in [1.54, 1.807) is 11.3 Å². The highest BCUT2D eigenvalue weighted by Gasteiger charge is 2.20. The Hall–Kier alpha value is -1.01. The van der Waals surface area contributed by atoms with Crippen molar-refractivity contribution in [3.8, 4) is 10.7 Å². The van der Waals surface area contributed by atoms with Crippen LogP contribution in [0.2, 0.25) is 0 Å². The summed E-state index contributed by atoms with van der Waals surface area (Å²) in [6.07, 6.45) is 1.88. The lowest BCUT2D eigenvalue weighted by Gasteiger charge is -2.13. The molecule has 2 aromatic rings. The van der Waals surface area contributed by atoms with Gasteiger partial charge in [0.25, 0.3) is 0 Å². The number of nitrogens with zero attached hydrogens (tertiary/aromatic N) is 3. The van der Waals surface area contributed by atoms with Gasteiger partial charge in [0, 0.05) is 18.2 Å². The van der Waals surface area contributed by atoms with Crippen molar-refractivity contribution in [2.75, 3.05) is 0 Å². The Balaban J connectivity index is 2.47. The molecule has 2 aromatic heterocycles. The van der Waals surface area contributed by atoms with Crippen molar-refractivity contribution < 1.29 is 0 Å². The molecule has 0 aliphatic rings. The molecule has 6 heteroatoms. The zero-order chi connectivity index (χ0) is 12.6. The lowest BCUT2D eigenvalue weighted by atomic mass is 9.98. The van der Waals surface area contributed by atoms with Crippen LogP contribution in [0, 0.1) is 4.77 Å². The van der Waals surface area contributed by atoms with Gasteiger partial charge in [0.1, 0.15) is 0 Å². The predicted octanol–water partition coefficient (Wildman–Crippen LogP) is 3.38. The van der Waals surface area contributed by atoms with Crippen LogP contribution in [0.4, 0.5) is 0 Å². The number of aromatic nitrogens is 4. The molecule has 2 rings (SSSR count). The van der Waals surface area contributed by atoms with Gasteiger partial charge in [-0.3, -0.25) is 9.67 Å². The van der Waals surface area contributed by atoms with Gasteiger partial charge in [-0.1, -0.05) is 20.8 Å². The van der Waals surface area contributed by atoms with Gasteiger partial charge in [-0.25, -0.2) is 4.98 Å². The smallest absolute Gasteiger partial charge is 0.195 e. The molecule has 1 N–H and O–H groups in total. The third kappa shape index (κ3) is 2.32. The standard InChI is InChI=1S/C11H16N4S2/c1-5-15-8(13-14-10(15)16)7-6-12-9(17-7)11(2,3)4/h6H,5H2,1-4H3,(H,14,16). The van der Waals surface area contributed by atoms with E-state index < -0.39 is 0 Å². The molecule has 0 aromatic carbocycles. The fraction of sp³-hybridized carbons (Fsp3) is 0.545. The zero-order valence-corrected chi connectivity index (χ0v) is 12.1. The number of rotatable bonds is 2. The van der Waals surface area contributed by atoms with Gasteiger partial charge in [-0.15, -0.1) is 11.3 Å². The van der Waals surface area contributed by atoms with Crippen molar-refractivity contribution in [2.24, 2.45) is 0 Å². The Labute approximate surface area is 110 Å². The Kier molecular flexibility index (Phi) is 3.18. The number of aromatic amines is 1. The van der Waals surface area contributed by atoms with Gasteiger partial charge in [0.05, 0.1) is 9.88 Å². The minimum absolute atomic E-state index is 0.0765. The summed E-state index contributed by atoms with van der Waals surface area (Å²) in [6, 6.07) is 0. The number of thiazole rings is 1.